The van der Waals surface area contributed by atoms with Crippen molar-refractivity contribution in [3.63, 3.8) is 0 Å². The summed E-state index contributed by atoms with van der Waals surface area (Å²) in [6, 6.07) is 76.0. The van der Waals surface area contributed by atoms with E-state index in [1.54, 1.807) is 0 Å². The molecular formula is C60H42N2. The Kier molecular flexibility index (Phi) is 8.40. The summed E-state index contributed by atoms with van der Waals surface area (Å²) in [5, 5.41) is 12.7. The van der Waals surface area contributed by atoms with Crippen LogP contribution in [0.5, 0.6) is 0 Å². The van der Waals surface area contributed by atoms with E-state index in [4.69, 9.17) is 4.98 Å². The van der Waals surface area contributed by atoms with Gasteiger partial charge in [-0.25, -0.2) is 4.98 Å². The van der Waals surface area contributed by atoms with Gasteiger partial charge in [0.2, 0.25) is 0 Å². The Balaban J connectivity index is 0.853. The summed E-state index contributed by atoms with van der Waals surface area (Å²) >= 11 is 0. The summed E-state index contributed by atoms with van der Waals surface area (Å²) in [5.74, 6) is 1.07. The average Bonchev–Trinajstić information content (AvgIpc) is 3.71. The zero-order valence-corrected chi connectivity index (χ0v) is 34.7. The molecule has 0 saturated heterocycles. The number of benzene rings is 11. The molecule has 0 fully saturated rings. The largest absolute Gasteiger partial charge is 0.296 e. The number of rotatable bonds is 6. The van der Waals surface area contributed by atoms with Crippen LogP contribution in [-0.4, -0.2) is 9.55 Å². The quantitative estimate of drug-likeness (QED) is 0.153. The first-order valence-corrected chi connectivity index (χ1v) is 21.7. The van der Waals surface area contributed by atoms with Gasteiger partial charge in [0.25, 0.3) is 0 Å². The van der Waals surface area contributed by atoms with Crippen LogP contribution in [0, 0.1) is 6.92 Å². The summed E-state index contributed by atoms with van der Waals surface area (Å²) in [6.45, 7) is 4.40. The summed E-state index contributed by atoms with van der Waals surface area (Å²) in [4.78, 5) is 5.05. The van der Waals surface area contributed by atoms with Crippen LogP contribution >= 0.6 is 0 Å². The molecule has 11 aromatic carbocycles. The molecule has 62 heavy (non-hydrogen) atoms. The Bertz CT molecular complexity index is 3720. The third-order valence-corrected chi connectivity index (χ3v) is 13.0. The van der Waals surface area contributed by atoms with Crippen LogP contribution in [0.2, 0.25) is 0 Å². The fourth-order valence-corrected chi connectivity index (χ4v) is 9.96. The van der Waals surface area contributed by atoms with Crippen molar-refractivity contribution in [1.82, 2.24) is 9.55 Å². The molecule has 2 heteroatoms. The van der Waals surface area contributed by atoms with Crippen molar-refractivity contribution >= 4 is 64.9 Å². The normalized spacial score (nSPS) is 11.8. The SMILES string of the molecule is CCc1nc2cc(-c3ccc4cc(-c5ccc(-c6ccc7c(ccc8cccc(-c9cccc%10ccc%11cccc(C)c%11c9%10)c87)c6)cc5)ccc4c3)ccc2n1-c1ccccc1. The summed E-state index contributed by atoms with van der Waals surface area (Å²) in [6.07, 6.45) is 0.869. The first kappa shape index (κ1) is 36.1. The van der Waals surface area contributed by atoms with Gasteiger partial charge < -0.3 is 0 Å². The van der Waals surface area contributed by atoms with E-state index >= 15 is 0 Å². The van der Waals surface area contributed by atoms with Crippen molar-refractivity contribution in [1.29, 1.82) is 0 Å². The molecule has 0 atom stereocenters. The van der Waals surface area contributed by atoms with Crippen molar-refractivity contribution in [3.8, 4) is 50.2 Å². The van der Waals surface area contributed by atoms with Crippen LogP contribution in [-0.2, 0) is 6.42 Å². The van der Waals surface area contributed by atoms with Crippen LogP contribution in [0.1, 0.15) is 18.3 Å². The molecule has 0 aliphatic carbocycles. The summed E-state index contributed by atoms with van der Waals surface area (Å²) < 4.78 is 2.28. The second kappa shape index (κ2) is 14.4. The number of hydrogen-bond donors (Lipinski definition) is 0. The number of aryl methyl sites for hydroxylation is 2. The maximum absolute atomic E-state index is 5.05. The molecule has 2 nitrogen and oxygen atoms in total. The molecule has 1 aromatic heterocycles. The number of para-hydroxylation sites is 1. The maximum Gasteiger partial charge on any atom is 0.114 e. The van der Waals surface area contributed by atoms with Crippen LogP contribution in [0.3, 0.4) is 0 Å². The van der Waals surface area contributed by atoms with Gasteiger partial charge in [0, 0.05) is 12.1 Å². The minimum absolute atomic E-state index is 0.869. The van der Waals surface area contributed by atoms with Gasteiger partial charge in [0.1, 0.15) is 5.82 Å². The Morgan fingerprint density at radius 3 is 1.56 bits per heavy atom. The van der Waals surface area contributed by atoms with Crippen LogP contribution in [0.4, 0.5) is 0 Å². The van der Waals surface area contributed by atoms with E-state index in [1.807, 2.05) is 0 Å². The van der Waals surface area contributed by atoms with Crippen LogP contribution in [0.25, 0.3) is 115 Å². The predicted octanol–water partition coefficient (Wildman–Crippen LogP) is 16.3. The zero-order chi connectivity index (χ0) is 41.3. The number of aromatic nitrogens is 2. The van der Waals surface area contributed by atoms with E-state index in [9.17, 15) is 0 Å². The fourth-order valence-electron chi connectivity index (χ4n) is 9.96. The highest BCUT2D eigenvalue weighted by atomic mass is 15.1. The standard InChI is InChI=1S/C60H42N2/c1-3-57-61-55-37-49(31-33-56(55)62(57)51-14-5-4-6-15-51)48-28-27-46-34-44(25-26-47(46)35-48)39-18-20-40(21-19-39)45-30-32-52-50(36-45)29-24-42-12-8-16-53(59(42)52)54-17-9-13-43-23-22-41-11-7-10-38(2)58(41)60(43)54/h4-37H,3H2,1-2H3. The first-order chi connectivity index (χ1) is 30.6. The molecule has 0 spiro atoms. The molecule has 0 N–H and O–H groups in total. The number of imidazole rings is 1. The van der Waals surface area contributed by atoms with E-state index in [1.165, 1.54) is 104 Å². The smallest absolute Gasteiger partial charge is 0.114 e. The molecule has 0 aliphatic rings. The van der Waals surface area contributed by atoms with Gasteiger partial charge in [0.15, 0.2) is 0 Å². The van der Waals surface area contributed by atoms with Gasteiger partial charge in [0.05, 0.1) is 11.0 Å². The lowest BCUT2D eigenvalue weighted by Gasteiger charge is -2.16. The van der Waals surface area contributed by atoms with Gasteiger partial charge in [-0.2, -0.15) is 0 Å². The lowest BCUT2D eigenvalue weighted by Crippen LogP contribution is -1.99. The maximum atomic E-state index is 5.05. The minimum atomic E-state index is 0.869. The average molecular weight is 791 g/mol. The van der Waals surface area contributed by atoms with Crippen molar-refractivity contribution in [2.45, 2.75) is 20.3 Å². The second-order valence-corrected chi connectivity index (χ2v) is 16.7. The highest BCUT2D eigenvalue weighted by Crippen LogP contribution is 2.42. The zero-order valence-electron chi connectivity index (χ0n) is 34.7. The van der Waals surface area contributed by atoms with E-state index in [2.05, 4.69) is 225 Å². The Labute approximate surface area is 361 Å². The van der Waals surface area contributed by atoms with Crippen LogP contribution < -0.4 is 0 Å². The predicted molar refractivity (Wildman–Crippen MR) is 264 cm³/mol. The number of fused-ring (bicyclic) bond motifs is 8. The van der Waals surface area contributed by atoms with Gasteiger partial charge in [-0.3, -0.25) is 4.57 Å². The van der Waals surface area contributed by atoms with Crippen molar-refractivity contribution < 1.29 is 0 Å². The molecule has 0 unspecified atom stereocenters. The molecule has 12 aromatic rings. The second-order valence-electron chi connectivity index (χ2n) is 16.7. The molecule has 0 radical (unpaired) electrons. The Hall–Kier alpha value is -7.81. The van der Waals surface area contributed by atoms with E-state index < -0.39 is 0 Å². The van der Waals surface area contributed by atoms with E-state index in [0.717, 1.165) is 29.0 Å². The number of nitrogens with zero attached hydrogens (tertiary/aromatic N) is 2. The highest BCUT2D eigenvalue weighted by Gasteiger charge is 2.16. The molecule has 12 rings (SSSR count). The first-order valence-electron chi connectivity index (χ1n) is 21.7. The molecule has 1 heterocycles. The lowest BCUT2D eigenvalue weighted by atomic mass is 9.88. The third-order valence-electron chi connectivity index (χ3n) is 13.0. The third kappa shape index (κ3) is 5.90. The molecular weight excluding hydrogens is 749 g/mol. The van der Waals surface area contributed by atoms with Gasteiger partial charge in [-0.05, 0) is 153 Å². The van der Waals surface area contributed by atoms with Gasteiger partial charge >= 0.3 is 0 Å². The Morgan fingerprint density at radius 2 is 0.887 bits per heavy atom. The van der Waals surface area contributed by atoms with Crippen molar-refractivity contribution in [2.75, 3.05) is 0 Å². The van der Waals surface area contributed by atoms with E-state index in [-0.39, 0.29) is 0 Å². The van der Waals surface area contributed by atoms with Gasteiger partial charge in [-0.1, -0.05) is 171 Å². The highest BCUT2D eigenvalue weighted by molar-refractivity contribution is 6.21. The molecule has 0 aliphatic heterocycles. The molecule has 292 valence electrons. The lowest BCUT2D eigenvalue weighted by molar-refractivity contribution is 0.908. The molecule has 0 bridgehead atoms. The number of hydrogen-bond acceptors (Lipinski definition) is 1. The van der Waals surface area contributed by atoms with E-state index in [0.29, 0.717) is 0 Å². The van der Waals surface area contributed by atoms with Crippen molar-refractivity contribution in [2.24, 2.45) is 0 Å². The fraction of sp³-hybridized carbons (Fsp3) is 0.0500. The molecule has 0 saturated carbocycles. The van der Waals surface area contributed by atoms with Gasteiger partial charge in [-0.15, -0.1) is 0 Å². The monoisotopic (exact) mass is 790 g/mol. The summed E-state index contributed by atoms with van der Waals surface area (Å²) in [7, 11) is 0. The summed E-state index contributed by atoms with van der Waals surface area (Å²) in [5.41, 5.74) is 14.4. The minimum Gasteiger partial charge on any atom is -0.296 e. The van der Waals surface area contributed by atoms with Crippen LogP contribution in [0.15, 0.2) is 206 Å². The topological polar surface area (TPSA) is 17.8 Å². The Morgan fingerprint density at radius 1 is 0.387 bits per heavy atom. The van der Waals surface area contributed by atoms with Crippen molar-refractivity contribution in [3.05, 3.63) is 218 Å². The molecule has 0 amide bonds.